The maximum absolute atomic E-state index is 12.3. The fourth-order valence-corrected chi connectivity index (χ4v) is 3.83. The Morgan fingerprint density at radius 1 is 1.07 bits per heavy atom. The van der Waals surface area contributed by atoms with Gasteiger partial charge in [0.1, 0.15) is 5.82 Å². The Labute approximate surface area is 176 Å². The summed E-state index contributed by atoms with van der Waals surface area (Å²) < 4.78 is 1.91. The van der Waals surface area contributed by atoms with Crippen LogP contribution in [0.5, 0.6) is 0 Å². The summed E-state index contributed by atoms with van der Waals surface area (Å²) in [4.78, 5) is 12.3. The van der Waals surface area contributed by atoms with Gasteiger partial charge >= 0.3 is 0 Å². The van der Waals surface area contributed by atoms with E-state index in [1.807, 2.05) is 42.7 Å². The van der Waals surface area contributed by atoms with Crippen LogP contribution in [-0.2, 0) is 4.79 Å². The fourth-order valence-electron chi connectivity index (χ4n) is 2.44. The highest BCUT2D eigenvalue weighted by atomic mass is 35.5. The number of aromatic nitrogens is 3. The van der Waals surface area contributed by atoms with Crippen molar-refractivity contribution in [1.29, 1.82) is 0 Å². The predicted octanol–water partition coefficient (Wildman–Crippen LogP) is 5.58. The second-order valence-corrected chi connectivity index (χ2v) is 7.95. The molecule has 27 heavy (non-hydrogen) atoms. The number of hydrogen-bond donors (Lipinski definition) is 1. The van der Waals surface area contributed by atoms with E-state index in [9.17, 15) is 4.79 Å². The first-order valence-corrected chi connectivity index (χ1v) is 10.0. The molecular formula is C18H15Cl3N4OS. The van der Waals surface area contributed by atoms with Gasteiger partial charge in [-0.05, 0) is 43.7 Å². The Kier molecular flexibility index (Phi) is 6.32. The molecule has 1 N–H and O–H groups in total. The highest BCUT2D eigenvalue weighted by molar-refractivity contribution is 7.99. The number of benzene rings is 2. The van der Waals surface area contributed by atoms with Crippen LogP contribution in [0.3, 0.4) is 0 Å². The number of nitrogens with one attached hydrogen (secondary N) is 1. The quantitative estimate of drug-likeness (QED) is 0.415. The largest absolute Gasteiger partial charge is 0.324 e. The molecule has 0 atom stereocenters. The van der Waals surface area contributed by atoms with Gasteiger partial charge in [0.25, 0.3) is 0 Å². The van der Waals surface area contributed by atoms with Gasteiger partial charge in [-0.25, -0.2) is 0 Å². The number of anilines is 1. The molecule has 0 aliphatic rings. The van der Waals surface area contributed by atoms with Crippen molar-refractivity contribution in [2.24, 2.45) is 0 Å². The van der Waals surface area contributed by atoms with Crippen LogP contribution in [0.15, 0.2) is 41.6 Å². The first kappa shape index (κ1) is 20.0. The smallest absolute Gasteiger partial charge is 0.234 e. The topological polar surface area (TPSA) is 59.8 Å². The summed E-state index contributed by atoms with van der Waals surface area (Å²) in [7, 11) is 0. The molecule has 1 amide bonds. The summed E-state index contributed by atoms with van der Waals surface area (Å²) in [6, 6.07) is 11.0. The number of nitrogens with zero attached hydrogens (tertiary/aromatic N) is 3. The number of carbonyl (C=O) groups is 1. The van der Waals surface area contributed by atoms with Crippen molar-refractivity contribution in [3.63, 3.8) is 0 Å². The number of carbonyl (C=O) groups excluding carboxylic acids is 1. The number of amides is 1. The molecule has 3 aromatic rings. The molecule has 0 fully saturated rings. The van der Waals surface area contributed by atoms with E-state index in [0.29, 0.717) is 25.9 Å². The third-order valence-electron chi connectivity index (χ3n) is 3.67. The van der Waals surface area contributed by atoms with Gasteiger partial charge in [-0.1, -0.05) is 58.7 Å². The summed E-state index contributed by atoms with van der Waals surface area (Å²) in [5, 5.41) is 12.6. The van der Waals surface area contributed by atoms with Crippen molar-refractivity contribution in [3.05, 3.63) is 62.9 Å². The maximum atomic E-state index is 12.3. The van der Waals surface area contributed by atoms with Gasteiger partial charge in [0, 0.05) is 5.69 Å². The van der Waals surface area contributed by atoms with Crippen LogP contribution in [0.1, 0.15) is 11.4 Å². The zero-order valence-electron chi connectivity index (χ0n) is 14.5. The van der Waals surface area contributed by atoms with Crippen molar-refractivity contribution < 1.29 is 4.79 Å². The van der Waals surface area contributed by atoms with Crippen molar-refractivity contribution in [2.75, 3.05) is 11.1 Å². The number of hydrogen-bond acceptors (Lipinski definition) is 4. The summed E-state index contributed by atoms with van der Waals surface area (Å²) in [6.07, 6.45) is 0. The van der Waals surface area contributed by atoms with Crippen molar-refractivity contribution >= 4 is 58.2 Å². The first-order valence-electron chi connectivity index (χ1n) is 7.91. The molecular weight excluding hydrogens is 427 g/mol. The first-order chi connectivity index (χ1) is 12.8. The lowest BCUT2D eigenvalue weighted by Crippen LogP contribution is -2.15. The van der Waals surface area contributed by atoms with Crippen LogP contribution >= 0.6 is 46.6 Å². The Bertz CT molecular complexity index is 1010. The number of thioether (sulfide) groups is 1. The lowest BCUT2D eigenvalue weighted by Gasteiger charge is -2.10. The third kappa shape index (κ3) is 4.76. The average Bonchev–Trinajstić information content (AvgIpc) is 2.98. The Morgan fingerprint density at radius 3 is 2.56 bits per heavy atom. The van der Waals surface area contributed by atoms with Gasteiger partial charge in [0.15, 0.2) is 5.16 Å². The summed E-state index contributed by atoms with van der Waals surface area (Å²) >= 11 is 19.3. The molecule has 0 bridgehead atoms. The molecule has 140 valence electrons. The molecule has 0 radical (unpaired) electrons. The number of halogens is 3. The Morgan fingerprint density at radius 2 is 1.81 bits per heavy atom. The molecule has 1 aromatic heterocycles. The summed E-state index contributed by atoms with van der Waals surface area (Å²) in [5.74, 6) is 0.647. The minimum absolute atomic E-state index is 0.139. The van der Waals surface area contributed by atoms with E-state index in [0.717, 1.165) is 17.1 Å². The normalized spacial score (nSPS) is 10.9. The van der Waals surface area contributed by atoms with Gasteiger partial charge in [0.05, 0.1) is 26.5 Å². The van der Waals surface area contributed by atoms with E-state index in [1.165, 1.54) is 23.9 Å². The van der Waals surface area contributed by atoms with Crippen molar-refractivity contribution in [1.82, 2.24) is 14.8 Å². The molecule has 0 aliphatic carbocycles. The van der Waals surface area contributed by atoms with E-state index in [4.69, 9.17) is 34.8 Å². The second-order valence-electron chi connectivity index (χ2n) is 5.79. The summed E-state index contributed by atoms with van der Waals surface area (Å²) in [5.41, 5.74) is 2.49. The average molecular weight is 442 g/mol. The molecule has 0 saturated heterocycles. The molecule has 9 heteroatoms. The lowest BCUT2D eigenvalue weighted by molar-refractivity contribution is -0.113. The summed E-state index contributed by atoms with van der Waals surface area (Å²) in [6.45, 7) is 3.89. The monoisotopic (exact) mass is 440 g/mol. The van der Waals surface area contributed by atoms with Crippen LogP contribution in [0.25, 0.3) is 5.69 Å². The predicted molar refractivity (Wildman–Crippen MR) is 112 cm³/mol. The van der Waals surface area contributed by atoms with Gasteiger partial charge in [-0.15, -0.1) is 10.2 Å². The van der Waals surface area contributed by atoms with E-state index >= 15 is 0 Å². The zero-order chi connectivity index (χ0) is 19.6. The van der Waals surface area contributed by atoms with Gasteiger partial charge in [0.2, 0.25) is 5.91 Å². The van der Waals surface area contributed by atoms with Crippen LogP contribution in [0, 0.1) is 13.8 Å². The van der Waals surface area contributed by atoms with E-state index in [2.05, 4.69) is 15.5 Å². The Balaban J connectivity index is 1.73. The van der Waals surface area contributed by atoms with E-state index in [1.54, 1.807) is 0 Å². The van der Waals surface area contributed by atoms with Crippen LogP contribution in [0.2, 0.25) is 15.1 Å². The maximum Gasteiger partial charge on any atom is 0.234 e. The molecule has 5 nitrogen and oxygen atoms in total. The van der Waals surface area contributed by atoms with Crippen LogP contribution in [-0.4, -0.2) is 26.4 Å². The number of rotatable bonds is 5. The second kappa shape index (κ2) is 8.52. The third-order valence-corrected chi connectivity index (χ3v) is 5.64. The van der Waals surface area contributed by atoms with Gasteiger partial charge < -0.3 is 5.32 Å². The van der Waals surface area contributed by atoms with E-state index < -0.39 is 0 Å². The van der Waals surface area contributed by atoms with Crippen LogP contribution in [0.4, 0.5) is 5.69 Å². The zero-order valence-corrected chi connectivity index (χ0v) is 17.5. The van der Waals surface area contributed by atoms with Crippen molar-refractivity contribution in [2.45, 2.75) is 19.0 Å². The molecule has 0 saturated carbocycles. The lowest BCUT2D eigenvalue weighted by atomic mass is 10.2. The minimum Gasteiger partial charge on any atom is -0.324 e. The number of aryl methyl sites for hydroxylation is 2. The van der Waals surface area contributed by atoms with Crippen molar-refractivity contribution in [3.8, 4) is 5.69 Å². The SMILES string of the molecule is Cc1cccc(-n2c(C)nnc2SCC(=O)Nc2cc(Cl)c(Cl)cc2Cl)c1. The highest BCUT2D eigenvalue weighted by Gasteiger charge is 2.15. The Hall–Kier alpha value is -1.73. The minimum atomic E-state index is -0.239. The molecule has 1 heterocycles. The standard InChI is InChI=1S/C18H15Cl3N4OS/c1-10-4-3-5-12(6-10)25-11(2)23-24-18(25)27-9-17(26)22-16-8-14(20)13(19)7-15(16)21/h3-8H,9H2,1-2H3,(H,22,26). The molecule has 2 aromatic carbocycles. The molecule has 0 aliphatic heterocycles. The van der Waals surface area contributed by atoms with E-state index in [-0.39, 0.29) is 11.7 Å². The molecule has 3 rings (SSSR count). The molecule has 0 spiro atoms. The fraction of sp³-hybridized carbons (Fsp3) is 0.167. The van der Waals surface area contributed by atoms with Gasteiger partial charge in [-0.3, -0.25) is 9.36 Å². The van der Waals surface area contributed by atoms with Gasteiger partial charge in [-0.2, -0.15) is 0 Å². The molecule has 0 unspecified atom stereocenters. The van der Waals surface area contributed by atoms with Crippen LogP contribution < -0.4 is 5.32 Å². The highest BCUT2D eigenvalue weighted by Crippen LogP contribution is 2.32.